The molecule has 0 aliphatic heterocycles. The first-order valence-electron chi connectivity index (χ1n) is 5.24. The van der Waals surface area contributed by atoms with E-state index in [1.54, 1.807) is 31.5 Å². The predicted molar refractivity (Wildman–Crippen MR) is 60.7 cm³/mol. The zero-order valence-electron chi connectivity index (χ0n) is 9.55. The van der Waals surface area contributed by atoms with Gasteiger partial charge in [0.15, 0.2) is 6.04 Å². The summed E-state index contributed by atoms with van der Waals surface area (Å²) in [7, 11) is 0. The maximum atomic E-state index is 11.5. The predicted octanol–water partition coefficient (Wildman–Crippen LogP) is -0.412. The molecular formula is C11H15N3O3. The summed E-state index contributed by atoms with van der Waals surface area (Å²) < 4.78 is 4.64. The van der Waals surface area contributed by atoms with Gasteiger partial charge in [-0.25, -0.2) is 4.79 Å². The molecule has 1 rings (SSSR count). The van der Waals surface area contributed by atoms with E-state index in [1.807, 2.05) is 0 Å². The van der Waals surface area contributed by atoms with Gasteiger partial charge in [-0.05, 0) is 24.6 Å². The molecule has 1 unspecified atom stereocenters. The van der Waals surface area contributed by atoms with E-state index in [4.69, 9.17) is 5.73 Å². The van der Waals surface area contributed by atoms with Gasteiger partial charge in [-0.1, -0.05) is 0 Å². The number of amides is 1. The average Bonchev–Trinajstić information content (AvgIpc) is 2.36. The molecule has 0 saturated heterocycles. The third-order valence-electron chi connectivity index (χ3n) is 2.04. The van der Waals surface area contributed by atoms with Crippen molar-refractivity contribution < 1.29 is 14.3 Å². The summed E-state index contributed by atoms with van der Waals surface area (Å²) in [6.45, 7) is 2.15. The molecule has 1 aromatic rings. The normalized spacial score (nSPS) is 11.6. The number of nitrogens with zero attached hydrogens (tertiary/aromatic N) is 1. The first-order chi connectivity index (χ1) is 8.15. The maximum absolute atomic E-state index is 11.5. The van der Waals surface area contributed by atoms with Gasteiger partial charge in [0.2, 0.25) is 5.91 Å². The molecule has 1 amide bonds. The van der Waals surface area contributed by atoms with E-state index in [2.05, 4.69) is 15.0 Å². The molecule has 3 N–H and O–H groups in total. The average molecular weight is 237 g/mol. The number of aromatic nitrogens is 1. The lowest BCUT2D eigenvalue weighted by atomic mass is 10.2. The first kappa shape index (κ1) is 13.1. The van der Waals surface area contributed by atoms with Crippen LogP contribution in [0.5, 0.6) is 0 Å². The molecule has 0 spiro atoms. The molecule has 1 heterocycles. The number of nitrogens with one attached hydrogen (secondary N) is 1. The molecule has 0 aliphatic carbocycles. The van der Waals surface area contributed by atoms with Gasteiger partial charge >= 0.3 is 5.97 Å². The second-order valence-corrected chi connectivity index (χ2v) is 3.30. The van der Waals surface area contributed by atoms with Crippen molar-refractivity contribution >= 4 is 11.9 Å². The second kappa shape index (κ2) is 6.59. The topological polar surface area (TPSA) is 94.3 Å². The van der Waals surface area contributed by atoms with Crippen LogP contribution in [0.15, 0.2) is 24.5 Å². The summed E-state index contributed by atoms with van der Waals surface area (Å²) in [6, 6.07) is 2.24. The highest BCUT2D eigenvalue weighted by molar-refractivity contribution is 6.01. The van der Waals surface area contributed by atoms with E-state index >= 15 is 0 Å². The largest absolute Gasteiger partial charge is 0.464 e. The quantitative estimate of drug-likeness (QED) is 0.536. The number of esters is 1. The summed E-state index contributed by atoms with van der Waals surface area (Å²) >= 11 is 0. The van der Waals surface area contributed by atoms with E-state index < -0.39 is 17.9 Å². The summed E-state index contributed by atoms with van der Waals surface area (Å²) in [4.78, 5) is 26.5. The van der Waals surface area contributed by atoms with Crippen LogP contribution in [0.1, 0.15) is 12.5 Å². The van der Waals surface area contributed by atoms with Crippen LogP contribution in [0, 0.1) is 0 Å². The Labute approximate surface area is 99.2 Å². The fourth-order valence-electron chi connectivity index (χ4n) is 1.14. The van der Waals surface area contributed by atoms with Gasteiger partial charge in [-0.3, -0.25) is 9.78 Å². The molecule has 0 aliphatic rings. The highest BCUT2D eigenvalue weighted by Crippen LogP contribution is 1.95. The van der Waals surface area contributed by atoms with Gasteiger partial charge in [0.05, 0.1) is 6.61 Å². The van der Waals surface area contributed by atoms with E-state index in [0.29, 0.717) is 6.54 Å². The summed E-state index contributed by atoms with van der Waals surface area (Å²) in [5.41, 5.74) is 6.29. The number of rotatable bonds is 5. The summed E-state index contributed by atoms with van der Waals surface area (Å²) in [5.74, 6) is -1.28. The van der Waals surface area contributed by atoms with Crippen molar-refractivity contribution in [3.05, 3.63) is 30.1 Å². The smallest absolute Gasteiger partial charge is 0.332 e. The van der Waals surface area contributed by atoms with Crippen LogP contribution < -0.4 is 11.1 Å². The molecule has 0 aromatic carbocycles. The molecule has 0 bridgehead atoms. The molecule has 0 fully saturated rings. The van der Waals surface area contributed by atoms with Crippen LogP contribution in [0.3, 0.4) is 0 Å². The van der Waals surface area contributed by atoms with Crippen molar-refractivity contribution in [2.45, 2.75) is 19.5 Å². The van der Waals surface area contributed by atoms with Crippen LogP contribution in [0.4, 0.5) is 0 Å². The number of nitrogens with two attached hydrogens (primary N) is 1. The number of carbonyl (C=O) groups excluding carboxylic acids is 2. The Bertz CT molecular complexity index is 381. The van der Waals surface area contributed by atoms with Gasteiger partial charge in [0.25, 0.3) is 0 Å². The van der Waals surface area contributed by atoms with Crippen molar-refractivity contribution in [2.75, 3.05) is 6.61 Å². The molecule has 6 heteroatoms. The lowest BCUT2D eigenvalue weighted by molar-refractivity contribution is -0.148. The molecule has 17 heavy (non-hydrogen) atoms. The molecule has 6 nitrogen and oxygen atoms in total. The number of carbonyl (C=O) groups is 2. The number of hydrogen-bond acceptors (Lipinski definition) is 5. The SMILES string of the molecule is CCOC(=O)C(N)C(=O)NCc1ccncc1. The Morgan fingerprint density at radius 1 is 1.47 bits per heavy atom. The Morgan fingerprint density at radius 2 is 2.12 bits per heavy atom. The van der Waals surface area contributed by atoms with Crippen LogP contribution in [-0.4, -0.2) is 29.5 Å². The van der Waals surface area contributed by atoms with Crippen molar-refractivity contribution in [3.8, 4) is 0 Å². The second-order valence-electron chi connectivity index (χ2n) is 3.30. The highest BCUT2D eigenvalue weighted by atomic mass is 16.5. The zero-order chi connectivity index (χ0) is 12.7. The Balaban J connectivity index is 2.42. The Kier molecular flexibility index (Phi) is 5.09. The first-order valence-corrected chi connectivity index (χ1v) is 5.24. The van der Waals surface area contributed by atoms with Gasteiger partial charge < -0.3 is 15.8 Å². The van der Waals surface area contributed by atoms with Crippen molar-refractivity contribution in [1.29, 1.82) is 0 Å². The monoisotopic (exact) mass is 237 g/mol. The molecule has 0 saturated carbocycles. The number of pyridine rings is 1. The summed E-state index contributed by atoms with van der Waals surface area (Å²) in [6.07, 6.45) is 3.24. The fraction of sp³-hybridized carbons (Fsp3) is 0.364. The number of hydrogen-bond donors (Lipinski definition) is 2. The molecule has 0 radical (unpaired) electrons. The number of ether oxygens (including phenoxy) is 1. The van der Waals surface area contributed by atoms with E-state index in [9.17, 15) is 9.59 Å². The lowest BCUT2D eigenvalue weighted by Crippen LogP contribution is -2.46. The van der Waals surface area contributed by atoms with Gasteiger partial charge in [-0.2, -0.15) is 0 Å². The van der Waals surface area contributed by atoms with Crippen molar-refractivity contribution in [1.82, 2.24) is 10.3 Å². The lowest BCUT2D eigenvalue weighted by Gasteiger charge is -2.10. The fourth-order valence-corrected chi connectivity index (χ4v) is 1.14. The van der Waals surface area contributed by atoms with Crippen LogP contribution >= 0.6 is 0 Å². The minimum Gasteiger partial charge on any atom is -0.464 e. The third-order valence-corrected chi connectivity index (χ3v) is 2.04. The molecular weight excluding hydrogens is 222 g/mol. The minimum absolute atomic E-state index is 0.199. The van der Waals surface area contributed by atoms with E-state index in [1.165, 1.54) is 0 Å². The molecule has 1 atom stereocenters. The van der Waals surface area contributed by atoms with Crippen LogP contribution in [0.2, 0.25) is 0 Å². The highest BCUT2D eigenvalue weighted by Gasteiger charge is 2.22. The van der Waals surface area contributed by atoms with Crippen LogP contribution in [0.25, 0.3) is 0 Å². The van der Waals surface area contributed by atoms with E-state index in [-0.39, 0.29) is 6.61 Å². The van der Waals surface area contributed by atoms with Gasteiger partial charge in [0.1, 0.15) is 0 Å². The molecule has 92 valence electrons. The third kappa shape index (κ3) is 4.20. The van der Waals surface area contributed by atoms with E-state index in [0.717, 1.165) is 5.56 Å². The molecule has 1 aromatic heterocycles. The zero-order valence-corrected chi connectivity index (χ0v) is 9.55. The van der Waals surface area contributed by atoms with Crippen molar-refractivity contribution in [3.63, 3.8) is 0 Å². The standard InChI is InChI=1S/C11H15N3O3/c1-2-17-11(16)9(12)10(15)14-7-8-3-5-13-6-4-8/h3-6,9H,2,7,12H2,1H3,(H,14,15). The van der Waals surface area contributed by atoms with Gasteiger partial charge in [0, 0.05) is 18.9 Å². The Morgan fingerprint density at radius 3 is 2.71 bits per heavy atom. The van der Waals surface area contributed by atoms with Crippen LogP contribution in [-0.2, 0) is 20.9 Å². The van der Waals surface area contributed by atoms with Gasteiger partial charge in [-0.15, -0.1) is 0 Å². The van der Waals surface area contributed by atoms with Crippen molar-refractivity contribution in [2.24, 2.45) is 5.73 Å². The Hall–Kier alpha value is -1.95. The minimum atomic E-state index is -1.28. The summed E-state index contributed by atoms with van der Waals surface area (Å²) in [5, 5.41) is 2.55. The maximum Gasteiger partial charge on any atom is 0.332 e.